The van der Waals surface area contributed by atoms with Crippen LogP contribution in [0.25, 0.3) is 11.1 Å². The Morgan fingerprint density at radius 2 is 1.91 bits per heavy atom. The molecule has 0 fully saturated rings. The summed E-state index contributed by atoms with van der Waals surface area (Å²) in [6, 6.07) is 10.4. The second-order valence-corrected chi connectivity index (χ2v) is 6.47. The molecule has 0 atom stereocenters. The predicted molar refractivity (Wildman–Crippen MR) is 91.1 cm³/mol. The van der Waals surface area contributed by atoms with E-state index in [0.29, 0.717) is 5.56 Å². The highest BCUT2D eigenvalue weighted by atomic mass is 32.2. The Labute approximate surface area is 133 Å². The molecular weight excluding hydrogens is 294 g/mol. The number of benzene rings is 2. The van der Waals surface area contributed by atoms with Crippen molar-refractivity contribution in [1.29, 1.82) is 0 Å². The van der Waals surface area contributed by atoms with Gasteiger partial charge >= 0.3 is 0 Å². The summed E-state index contributed by atoms with van der Waals surface area (Å²) >= 11 is 1.74. The van der Waals surface area contributed by atoms with Crippen LogP contribution in [0.5, 0.6) is 0 Å². The van der Waals surface area contributed by atoms with Crippen LogP contribution in [0.2, 0.25) is 0 Å². The van der Waals surface area contributed by atoms with Crippen molar-refractivity contribution in [2.24, 2.45) is 16.5 Å². The first-order valence-corrected chi connectivity index (χ1v) is 7.95. The number of hydrogen-bond acceptors (Lipinski definition) is 2. The maximum absolute atomic E-state index is 12.1. The Kier molecular flexibility index (Phi) is 3.66. The van der Waals surface area contributed by atoms with Gasteiger partial charge in [0.1, 0.15) is 0 Å². The number of amides is 1. The Hall–Kier alpha value is -2.27. The van der Waals surface area contributed by atoms with Gasteiger partial charge < -0.3 is 11.5 Å². The molecule has 0 radical (unpaired) electrons. The van der Waals surface area contributed by atoms with Crippen molar-refractivity contribution in [1.82, 2.24) is 0 Å². The monoisotopic (exact) mass is 311 g/mol. The van der Waals surface area contributed by atoms with E-state index in [1.165, 1.54) is 22.3 Å². The molecule has 1 aliphatic rings. The Bertz CT molecular complexity index is 808. The molecule has 0 bridgehead atoms. The molecule has 0 spiro atoms. The first-order chi connectivity index (χ1) is 10.5. The number of nitrogens with two attached hydrogens (primary N) is 2. The van der Waals surface area contributed by atoms with Gasteiger partial charge in [0.2, 0.25) is 0 Å². The third kappa shape index (κ3) is 2.60. The van der Waals surface area contributed by atoms with Gasteiger partial charge in [0.15, 0.2) is 5.96 Å². The summed E-state index contributed by atoms with van der Waals surface area (Å²) in [5, 5.41) is 0. The van der Waals surface area contributed by atoms with E-state index in [0.717, 1.165) is 16.2 Å². The second kappa shape index (κ2) is 5.50. The minimum absolute atomic E-state index is 0.212. The van der Waals surface area contributed by atoms with Gasteiger partial charge in [0, 0.05) is 16.2 Å². The van der Waals surface area contributed by atoms with Crippen LogP contribution >= 0.6 is 11.8 Å². The molecule has 2 aromatic carbocycles. The van der Waals surface area contributed by atoms with Crippen LogP contribution in [0.1, 0.15) is 27.0 Å². The number of aliphatic imine (C=N–C) groups is 1. The molecule has 0 saturated carbocycles. The zero-order valence-corrected chi connectivity index (χ0v) is 13.3. The van der Waals surface area contributed by atoms with Gasteiger partial charge in [0.25, 0.3) is 5.91 Å². The fraction of sp³-hybridized carbons (Fsp3) is 0.176. The molecule has 1 amide bonds. The summed E-state index contributed by atoms with van der Waals surface area (Å²) < 4.78 is 0. The third-order valence-corrected chi connectivity index (χ3v) is 4.83. The maximum atomic E-state index is 12.1. The van der Waals surface area contributed by atoms with Crippen LogP contribution in [-0.2, 0) is 5.75 Å². The van der Waals surface area contributed by atoms with E-state index >= 15 is 0 Å². The Morgan fingerprint density at radius 1 is 1.14 bits per heavy atom. The molecule has 0 unspecified atom stereocenters. The quantitative estimate of drug-likeness (QED) is 0.626. The lowest BCUT2D eigenvalue weighted by Gasteiger charge is -2.21. The first-order valence-electron chi connectivity index (χ1n) is 6.97. The van der Waals surface area contributed by atoms with Crippen molar-refractivity contribution in [3.05, 3.63) is 52.6 Å². The minimum Gasteiger partial charge on any atom is -0.370 e. The molecule has 5 heteroatoms. The molecule has 3 rings (SSSR count). The second-order valence-electron chi connectivity index (χ2n) is 5.45. The number of carbonyl (C=O) groups excluding carboxylic acids is 1. The zero-order chi connectivity index (χ0) is 15.9. The molecule has 0 saturated heterocycles. The van der Waals surface area contributed by atoms with Crippen molar-refractivity contribution in [3.63, 3.8) is 0 Å². The molecule has 112 valence electrons. The van der Waals surface area contributed by atoms with E-state index < -0.39 is 5.91 Å². The highest BCUT2D eigenvalue weighted by Crippen LogP contribution is 2.43. The lowest BCUT2D eigenvalue weighted by molar-refractivity contribution is 0.100. The Balaban J connectivity index is 2.12. The van der Waals surface area contributed by atoms with E-state index in [2.05, 4.69) is 30.1 Å². The summed E-state index contributed by atoms with van der Waals surface area (Å²) in [6.07, 6.45) is 0. The van der Waals surface area contributed by atoms with Gasteiger partial charge in [-0.05, 0) is 48.2 Å². The average Bonchev–Trinajstić information content (AvgIpc) is 2.45. The van der Waals surface area contributed by atoms with Crippen LogP contribution in [0.3, 0.4) is 0 Å². The van der Waals surface area contributed by atoms with E-state index in [9.17, 15) is 4.79 Å². The summed E-state index contributed by atoms with van der Waals surface area (Å²) in [4.78, 5) is 16.8. The van der Waals surface area contributed by atoms with Crippen molar-refractivity contribution in [2.75, 3.05) is 0 Å². The maximum Gasteiger partial charge on any atom is 0.280 e. The molecular formula is C17H17N3OS. The average molecular weight is 311 g/mol. The smallest absolute Gasteiger partial charge is 0.280 e. The number of nitrogens with zero attached hydrogens (tertiary/aromatic N) is 1. The van der Waals surface area contributed by atoms with E-state index in [1.807, 2.05) is 19.1 Å². The molecule has 22 heavy (non-hydrogen) atoms. The van der Waals surface area contributed by atoms with Crippen molar-refractivity contribution in [3.8, 4) is 11.1 Å². The predicted octanol–water partition coefficient (Wildman–Crippen LogP) is 2.99. The van der Waals surface area contributed by atoms with Gasteiger partial charge in [-0.25, -0.2) is 0 Å². The van der Waals surface area contributed by atoms with Gasteiger partial charge in [0.05, 0.1) is 0 Å². The van der Waals surface area contributed by atoms with Gasteiger partial charge in [-0.2, -0.15) is 4.99 Å². The van der Waals surface area contributed by atoms with Crippen LogP contribution in [0.4, 0.5) is 0 Å². The number of thioether (sulfide) groups is 1. The lowest BCUT2D eigenvalue weighted by atomic mass is 9.95. The van der Waals surface area contributed by atoms with Crippen molar-refractivity contribution >= 4 is 23.6 Å². The minimum atomic E-state index is -0.393. The standard InChI is InChI=1S/C17H17N3OS/c1-9-3-4-12-11(5-9)8-22-15-7-13(10(2)6-14(12)15)16(21)20-17(18)19/h3-7H,8H2,1-2H3,(H4,18,19,20,21). The summed E-state index contributed by atoms with van der Waals surface area (Å²) in [5.41, 5.74) is 17.0. The number of rotatable bonds is 1. The number of guanidine groups is 1. The summed E-state index contributed by atoms with van der Waals surface area (Å²) in [6.45, 7) is 4.01. The van der Waals surface area contributed by atoms with Crippen LogP contribution < -0.4 is 11.5 Å². The molecule has 0 aliphatic carbocycles. The lowest BCUT2D eigenvalue weighted by Crippen LogP contribution is -2.24. The molecule has 4 N–H and O–H groups in total. The SMILES string of the molecule is Cc1ccc2c(c1)CSc1cc(C(=O)N=C(N)N)c(C)cc1-2. The van der Waals surface area contributed by atoms with Crippen LogP contribution in [-0.4, -0.2) is 11.9 Å². The number of hydrogen-bond donors (Lipinski definition) is 2. The van der Waals surface area contributed by atoms with E-state index in [4.69, 9.17) is 11.5 Å². The number of aryl methyl sites for hydroxylation is 2. The van der Waals surface area contributed by atoms with Crippen LogP contribution in [0, 0.1) is 13.8 Å². The Morgan fingerprint density at radius 3 is 2.64 bits per heavy atom. The number of carbonyl (C=O) groups is 1. The van der Waals surface area contributed by atoms with Crippen LogP contribution in [0.15, 0.2) is 40.2 Å². The van der Waals surface area contributed by atoms with Gasteiger partial charge in [-0.15, -0.1) is 11.8 Å². The highest BCUT2D eigenvalue weighted by Gasteiger charge is 2.20. The largest absolute Gasteiger partial charge is 0.370 e. The normalized spacial score (nSPS) is 12.3. The number of fused-ring (bicyclic) bond motifs is 3. The van der Waals surface area contributed by atoms with Crippen molar-refractivity contribution < 1.29 is 4.79 Å². The van der Waals surface area contributed by atoms with E-state index in [1.54, 1.807) is 11.8 Å². The third-order valence-electron chi connectivity index (χ3n) is 3.72. The highest BCUT2D eigenvalue weighted by molar-refractivity contribution is 7.98. The van der Waals surface area contributed by atoms with Gasteiger partial charge in [-0.3, -0.25) is 4.79 Å². The fourth-order valence-electron chi connectivity index (χ4n) is 2.69. The zero-order valence-electron chi connectivity index (χ0n) is 12.5. The molecule has 1 heterocycles. The first kappa shape index (κ1) is 14.7. The summed E-state index contributed by atoms with van der Waals surface area (Å²) in [5.74, 6) is 0.300. The molecule has 1 aliphatic heterocycles. The van der Waals surface area contributed by atoms with E-state index in [-0.39, 0.29) is 5.96 Å². The fourth-order valence-corrected chi connectivity index (χ4v) is 3.76. The topological polar surface area (TPSA) is 81.5 Å². The molecule has 0 aromatic heterocycles. The van der Waals surface area contributed by atoms with Gasteiger partial charge in [-0.1, -0.05) is 23.8 Å². The van der Waals surface area contributed by atoms with Crippen molar-refractivity contribution in [2.45, 2.75) is 24.5 Å². The molecule has 2 aromatic rings. The summed E-state index contributed by atoms with van der Waals surface area (Å²) in [7, 11) is 0. The molecule has 4 nitrogen and oxygen atoms in total.